The van der Waals surface area contributed by atoms with Gasteiger partial charge in [-0.05, 0) is 42.8 Å². The molecule has 5 nitrogen and oxygen atoms in total. The van der Waals surface area contributed by atoms with Crippen LogP contribution in [-0.4, -0.2) is 10.8 Å². The van der Waals surface area contributed by atoms with Gasteiger partial charge in [0.1, 0.15) is 10.6 Å². The number of nitro benzene ring substituents is 1. The Morgan fingerprint density at radius 2 is 2.05 bits per heavy atom. The number of amides is 1. The summed E-state index contributed by atoms with van der Waals surface area (Å²) in [4.78, 5) is 22.6. The number of nitrogens with zero attached hydrogens (tertiary/aromatic N) is 1. The van der Waals surface area contributed by atoms with Gasteiger partial charge in [0.25, 0.3) is 5.91 Å². The normalized spacial score (nSPS) is 10.2. The van der Waals surface area contributed by atoms with E-state index in [2.05, 4.69) is 21.2 Å². The molecule has 7 heteroatoms. The monoisotopic (exact) mass is 368 g/mol. The summed E-state index contributed by atoms with van der Waals surface area (Å²) >= 11 is 9.12. The molecule has 2 aromatic carbocycles. The molecular formula is C14H10BrClN2O3. The van der Waals surface area contributed by atoms with Gasteiger partial charge in [-0.25, -0.2) is 0 Å². The molecule has 0 aromatic heterocycles. The van der Waals surface area contributed by atoms with Gasteiger partial charge in [-0.2, -0.15) is 0 Å². The molecule has 0 fully saturated rings. The van der Waals surface area contributed by atoms with Gasteiger partial charge in [-0.3, -0.25) is 14.9 Å². The molecule has 108 valence electrons. The lowest BCUT2D eigenvalue weighted by atomic mass is 10.1. The number of hydrogen-bond donors (Lipinski definition) is 1. The average Bonchev–Trinajstić information content (AvgIpc) is 2.41. The smallest absolute Gasteiger partial charge is 0.300 e. The van der Waals surface area contributed by atoms with Crippen LogP contribution >= 0.6 is 27.5 Å². The number of rotatable bonds is 3. The molecule has 0 heterocycles. The zero-order valence-corrected chi connectivity index (χ0v) is 13.2. The summed E-state index contributed by atoms with van der Waals surface area (Å²) in [5.74, 6) is -0.574. The van der Waals surface area contributed by atoms with Crippen molar-refractivity contribution in [3.63, 3.8) is 0 Å². The van der Waals surface area contributed by atoms with E-state index in [1.807, 2.05) is 13.0 Å². The lowest BCUT2D eigenvalue weighted by Crippen LogP contribution is -2.14. The third-order valence-corrected chi connectivity index (χ3v) is 3.65. The summed E-state index contributed by atoms with van der Waals surface area (Å²) in [6, 6.07) is 9.57. The Kier molecular flexibility index (Phi) is 4.59. The van der Waals surface area contributed by atoms with Crippen molar-refractivity contribution in [1.82, 2.24) is 0 Å². The minimum absolute atomic E-state index is 0.0693. The van der Waals surface area contributed by atoms with E-state index in [0.29, 0.717) is 5.69 Å². The maximum absolute atomic E-state index is 12.2. The number of nitrogens with one attached hydrogen (secondary N) is 1. The Labute approximate surface area is 134 Å². The van der Waals surface area contributed by atoms with Crippen LogP contribution in [-0.2, 0) is 0 Å². The first kappa shape index (κ1) is 15.5. The van der Waals surface area contributed by atoms with E-state index in [9.17, 15) is 14.9 Å². The molecular weight excluding hydrogens is 360 g/mol. The van der Waals surface area contributed by atoms with E-state index < -0.39 is 16.5 Å². The van der Waals surface area contributed by atoms with Crippen molar-refractivity contribution < 1.29 is 9.72 Å². The number of nitro groups is 1. The number of carbonyl (C=O) groups excluding carboxylic acids is 1. The largest absolute Gasteiger partial charge is 0.322 e. The van der Waals surface area contributed by atoms with Crippen LogP contribution in [0.4, 0.5) is 11.4 Å². The number of carbonyl (C=O) groups is 1. The number of benzene rings is 2. The fourth-order valence-corrected chi connectivity index (χ4v) is 2.56. The summed E-state index contributed by atoms with van der Waals surface area (Å²) < 4.78 is 0.881. The van der Waals surface area contributed by atoms with Crippen molar-refractivity contribution in [2.24, 2.45) is 0 Å². The fourth-order valence-electron chi connectivity index (χ4n) is 1.84. The summed E-state index contributed by atoms with van der Waals surface area (Å²) in [6.45, 7) is 1.83. The van der Waals surface area contributed by atoms with Crippen LogP contribution < -0.4 is 5.32 Å². The molecule has 0 saturated carbocycles. The van der Waals surface area contributed by atoms with Crippen LogP contribution in [0.1, 0.15) is 15.9 Å². The van der Waals surface area contributed by atoms with Gasteiger partial charge in [0, 0.05) is 10.2 Å². The van der Waals surface area contributed by atoms with Crippen LogP contribution in [0.15, 0.2) is 40.9 Å². The lowest BCUT2D eigenvalue weighted by molar-refractivity contribution is -0.385. The maximum Gasteiger partial charge on any atom is 0.300 e. The molecule has 0 saturated heterocycles. The number of anilines is 1. The number of aryl methyl sites for hydroxylation is 1. The van der Waals surface area contributed by atoms with Gasteiger partial charge in [0.2, 0.25) is 0 Å². The summed E-state index contributed by atoms with van der Waals surface area (Å²) in [7, 11) is 0. The molecule has 0 atom stereocenters. The average molecular weight is 370 g/mol. The molecule has 0 bridgehead atoms. The van der Waals surface area contributed by atoms with Gasteiger partial charge in [-0.15, -0.1) is 0 Å². The van der Waals surface area contributed by atoms with Gasteiger partial charge in [-0.1, -0.05) is 33.6 Å². The highest BCUT2D eigenvalue weighted by molar-refractivity contribution is 9.10. The van der Waals surface area contributed by atoms with Gasteiger partial charge in [0.15, 0.2) is 0 Å². The van der Waals surface area contributed by atoms with Gasteiger partial charge in [0.05, 0.1) is 4.92 Å². The van der Waals surface area contributed by atoms with E-state index in [4.69, 9.17) is 11.6 Å². The number of para-hydroxylation sites is 1. The van der Waals surface area contributed by atoms with Crippen LogP contribution in [0.2, 0.25) is 5.02 Å². The van der Waals surface area contributed by atoms with Crippen molar-refractivity contribution in [2.45, 2.75) is 6.92 Å². The molecule has 0 radical (unpaired) electrons. The summed E-state index contributed by atoms with van der Waals surface area (Å²) in [5.41, 5.74) is 0.945. The highest BCUT2D eigenvalue weighted by Gasteiger charge is 2.23. The van der Waals surface area contributed by atoms with E-state index in [1.54, 1.807) is 12.1 Å². The first-order chi connectivity index (χ1) is 9.90. The van der Waals surface area contributed by atoms with E-state index in [-0.39, 0.29) is 10.6 Å². The first-order valence-corrected chi connectivity index (χ1v) is 7.07. The van der Waals surface area contributed by atoms with Crippen LogP contribution in [0.5, 0.6) is 0 Å². The quantitative estimate of drug-likeness (QED) is 0.636. The van der Waals surface area contributed by atoms with Crippen LogP contribution in [0, 0.1) is 17.0 Å². The zero-order chi connectivity index (χ0) is 15.6. The standard InChI is InChI=1S/C14H10BrClN2O3/c1-8-7-9(15)5-6-12(8)17-14(19)10-3-2-4-11(16)13(10)18(20)21/h2-7H,1H3,(H,17,19). The Morgan fingerprint density at radius 1 is 1.33 bits per heavy atom. The van der Waals surface area contributed by atoms with Crippen molar-refractivity contribution in [3.8, 4) is 0 Å². The summed E-state index contributed by atoms with van der Waals surface area (Å²) in [5, 5.41) is 13.6. The second-order valence-electron chi connectivity index (χ2n) is 4.31. The zero-order valence-electron chi connectivity index (χ0n) is 10.9. The molecule has 1 N–H and O–H groups in total. The van der Waals surface area contributed by atoms with Crippen molar-refractivity contribution in [1.29, 1.82) is 0 Å². The van der Waals surface area contributed by atoms with Gasteiger partial charge < -0.3 is 5.32 Å². The van der Waals surface area contributed by atoms with Crippen molar-refractivity contribution in [2.75, 3.05) is 5.32 Å². The Bertz CT molecular complexity index is 734. The van der Waals surface area contributed by atoms with Gasteiger partial charge >= 0.3 is 5.69 Å². The Morgan fingerprint density at radius 3 is 2.67 bits per heavy atom. The molecule has 0 aliphatic heterocycles. The molecule has 0 aliphatic carbocycles. The third kappa shape index (κ3) is 3.40. The van der Waals surface area contributed by atoms with Crippen molar-refractivity contribution in [3.05, 3.63) is 67.1 Å². The second-order valence-corrected chi connectivity index (χ2v) is 5.63. The highest BCUT2D eigenvalue weighted by Crippen LogP contribution is 2.29. The molecule has 0 unspecified atom stereocenters. The fraction of sp³-hybridized carbons (Fsp3) is 0.0714. The SMILES string of the molecule is Cc1cc(Br)ccc1NC(=O)c1cccc(Cl)c1[N+](=O)[O-]. The highest BCUT2D eigenvalue weighted by atomic mass is 79.9. The Balaban J connectivity index is 2.37. The van der Waals surface area contributed by atoms with E-state index in [1.165, 1.54) is 18.2 Å². The minimum atomic E-state index is -0.661. The Hall–Kier alpha value is -1.92. The molecule has 21 heavy (non-hydrogen) atoms. The number of hydrogen-bond acceptors (Lipinski definition) is 3. The van der Waals surface area contributed by atoms with E-state index in [0.717, 1.165) is 10.0 Å². The maximum atomic E-state index is 12.2. The molecule has 0 aliphatic rings. The minimum Gasteiger partial charge on any atom is -0.322 e. The molecule has 1 amide bonds. The molecule has 2 aromatic rings. The molecule has 2 rings (SSSR count). The summed E-state index contributed by atoms with van der Waals surface area (Å²) in [6.07, 6.45) is 0. The van der Waals surface area contributed by atoms with Crippen molar-refractivity contribution >= 4 is 44.8 Å². The van der Waals surface area contributed by atoms with E-state index >= 15 is 0 Å². The third-order valence-electron chi connectivity index (χ3n) is 2.85. The van der Waals surface area contributed by atoms with Crippen LogP contribution in [0.25, 0.3) is 0 Å². The first-order valence-electron chi connectivity index (χ1n) is 5.90. The predicted molar refractivity (Wildman–Crippen MR) is 84.9 cm³/mol. The predicted octanol–water partition coefficient (Wildman–Crippen LogP) is 4.57. The topological polar surface area (TPSA) is 72.2 Å². The second kappa shape index (κ2) is 6.24. The lowest BCUT2D eigenvalue weighted by Gasteiger charge is -2.09. The molecule has 0 spiro atoms. The number of halogens is 2. The van der Waals surface area contributed by atoms with Crippen LogP contribution in [0.3, 0.4) is 0 Å².